The van der Waals surface area contributed by atoms with Crippen LogP contribution in [-0.4, -0.2) is 37.8 Å². The Labute approximate surface area is 157 Å². The summed E-state index contributed by atoms with van der Waals surface area (Å²) in [6.45, 7) is 0.897. The summed E-state index contributed by atoms with van der Waals surface area (Å²) in [6, 6.07) is 18.6. The zero-order chi connectivity index (χ0) is 18.6. The highest BCUT2D eigenvalue weighted by atomic mass is 16.5. The van der Waals surface area contributed by atoms with Crippen LogP contribution in [0.25, 0.3) is 0 Å². The predicted octanol–water partition coefficient (Wildman–Crippen LogP) is 4.10. The molecule has 0 aromatic heterocycles. The maximum Gasteiger partial charge on any atom is 0.118 e. The molecule has 140 valence electrons. The molecular formula is C23H31NO2. The van der Waals surface area contributed by atoms with Crippen LogP contribution in [0.1, 0.15) is 30.4 Å². The molecule has 0 bridgehead atoms. The molecule has 3 atom stereocenters. The van der Waals surface area contributed by atoms with Crippen LogP contribution >= 0.6 is 0 Å². The molecule has 0 saturated heterocycles. The summed E-state index contributed by atoms with van der Waals surface area (Å²) in [4.78, 5) is 2.20. The van der Waals surface area contributed by atoms with Crippen LogP contribution in [-0.2, 0) is 12.0 Å². The van der Waals surface area contributed by atoms with Crippen molar-refractivity contribution in [2.24, 2.45) is 11.8 Å². The van der Waals surface area contributed by atoms with Crippen molar-refractivity contribution < 1.29 is 9.84 Å². The third-order valence-electron chi connectivity index (χ3n) is 5.81. The van der Waals surface area contributed by atoms with E-state index in [0.29, 0.717) is 0 Å². The van der Waals surface area contributed by atoms with E-state index in [0.717, 1.165) is 37.1 Å². The Morgan fingerprint density at radius 1 is 1.00 bits per heavy atom. The van der Waals surface area contributed by atoms with Crippen LogP contribution in [0, 0.1) is 11.8 Å². The highest BCUT2D eigenvalue weighted by Crippen LogP contribution is 2.47. The highest BCUT2D eigenvalue weighted by molar-refractivity contribution is 5.33. The van der Waals surface area contributed by atoms with Gasteiger partial charge in [-0.2, -0.15) is 0 Å². The largest absolute Gasteiger partial charge is 0.497 e. The first-order valence-corrected chi connectivity index (χ1v) is 9.59. The molecule has 2 aromatic carbocycles. The Morgan fingerprint density at radius 2 is 1.65 bits per heavy atom. The molecule has 1 saturated carbocycles. The maximum absolute atomic E-state index is 12.1. The predicted molar refractivity (Wildman–Crippen MR) is 106 cm³/mol. The highest BCUT2D eigenvalue weighted by Gasteiger charge is 2.47. The van der Waals surface area contributed by atoms with Crippen molar-refractivity contribution in [1.82, 2.24) is 4.90 Å². The third kappa shape index (κ3) is 3.94. The van der Waals surface area contributed by atoms with Crippen molar-refractivity contribution in [3.63, 3.8) is 0 Å². The topological polar surface area (TPSA) is 32.7 Å². The second-order valence-electron chi connectivity index (χ2n) is 7.83. The zero-order valence-corrected chi connectivity index (χ0v) is 16.2. The van der Waals surface area contributed by atoms with Crippen molar-refractivity contribution in [3.8, 4) is 5.75 Å². The van der Waals surface area contributed by atoms with Crippen molar-refractivity contribution in [1.29, 1.82) is 0 Å². The number of methoxy groups -OCH3 is 1. The molecule has 0 radical (unpaired) electrons. The number of benzene rings is 2. The molecule has 26 heavy (non-hydrogen) atoms. The fourth-order valence-corrected chi connectivity index (χ4v) is 4.54. The molecule has 0 amide bonds. The van der Waals surface area contributed by atoms with Crippen LogP contribution in [0.2, 0.25) is 0 Å². The maximum atomic E-state index is 12.1. The Balaban J connectivity index is 1.96. The number of hydrogen-bond acceptors (Lipinski definition) is 3. The molecule has 3 nitrogen and oxygen atoms in total. The van der Waals surface area contributed by atoms with E-state index < -0.39 is 5.60 Å². The lowest BCUT2D eigenvalue weighted by Gasteiger charge is -2.47. The molecule has 1 aliphatic carbocycles. The van der Waals surface area contributed by atoms with Crippen molar-refractivity contribution in [2.45, 2.75) is 31.3 Å². The Morgan fingerprint density at radius 3 is 2.27 bits per heavy atom. The van der Waals surface area contributed by atoms with E-state index in [1.807, 2.05) is 24.3 Å². The second-order valence-corrected chi connectivity index (χ2v) is 7.83. The van der Waals surface area contributed by atoms with Gasteiger partial charge < -0.3 is 14.7 Å². The number of nitrogens with zero attached hydrogens (tertiary/aromatic N) is 1. The average Bonchev–Trinajstić information content (AvgIpc) is 2.65. The van der Waals surface area contributed by atoms with E-state index in [2.05, 4.69) is 49.3 Å². The lowest BCUT2D eigenvalue weighted by Crippen LogP contribution is -2.49. The monoisotopic (exact) mass is 353 g/mol. The van der Waals surface area contributed by atoms with Crippen LogP contribution in [0.3, 0.4) is 0 Å². The molecule has 3 rings (SSSR count). The van der Waals surface area contributed by atoms with Crippen LogP contribution in [0.4, 0.5) is 0 Å². The lowest BCUT2D eigenvalue weighted by molar-refractivity contribution is -0.107. The summed E-state index contributed by atoms with van der Waals surface area (Å²) in [6.07, 6.45) is 4.20. The molecule has 0 spiro atoms. The van der Waals surface area contributed by atoms with Gasteiger partial charge in [-0.05, 0) is 62.5 Å². The van der Waals surface area contributed by atoms with Gasteiger partial charge in [0, 0.05) is 12.5 Å². The number of aliphatic hydroxyl groups is 1. The van der Waals surface area contributed by atoms with Gasteiger partial charge in [-0.3, -0.25) is 0 Å². The molecule has 2 aromatic rings. The Kier molecular flexibility index (Phi) is 6.00. The van der Waals surface area contributed by atoms with Crippen molar-refractivity contribution in [3.05, 3.63) is 65.7 Å². The van der Waals surface area contributed by atoms with E-state index in [1.54, 1.807) is 7.11 Å². The summed E-state index contributed by atoms with van der Waals surface area (Å²) >= 11 is 0. The summed E-state index contributed by atoms with van der Waals surface area (Å²) in [5.41, 5.74) is 1.51. The SMILES string of the molecule is COc1ccc(C2(O)C(Cc3ccccc3)CCCC2CN(C)C)cc1. The van der Waals surface area contributed by atoms with Crippen molar-refractivity contribution >= 4 is 0 Å². The van der Waals surface area contributed by atoms with Gasteiger partial charge in [-0.15, -0.1) is 0 Å². The van der Waals surface area contributed by atoms with Gasteiger partial charge in [0.2, 0.25) is 0 Å². The number of rotatable bonds is 6. The van der Waals surface area contributed by atoms with E-state index in [4.69, 9.17) is 4.74 Å². The minimum absolute atomic E-state index is 0.219. The first-order valence-electron chi connectivity index (χ1n) is 9.59. The van der Waals surface area contributed by atoms with E-state index in [1.165, 1.54) is 12.0 Å². The summed E-state index contributed by atoms with van der Waals surface area (Å²) in [7, 11) is 5.86. The fraction of sp³-hybridized carbons (Fsp3) is 0.478. The van der Waals surface area contributed by atoms with E-state index in [9.17, 15) is 5.11 Å². The van der Waals surface area contributed by atoms with Gasteiger partial charge in [0.25, 0.3) is 0 Å². The van der Waals surface area contributed by atoms with Crippen molar-refractivity contribution in [2.75, 3.05) is 27.7 Å². The molecule has 1 aliphatic rings. The third-order valence-corrected chi connectivity index (χ3v) is 5.81. The Bertz CT molecular complexity index is 683. The van der Waals surface area contributed by atoms with Gasteiger partial charge >= 0.3 is 0 Å². The van der Waals surface area contributed by atoms with Gasteiger partial charge in [-0.1, -0.05) is 48.9 Å². The zero-order valence-electron chi connectivity index (χ0n) is 16.2. The second kappa shape index (κ2) is 8.24. The molecule has 1 fully saturated rings. The smallest absolute Gasteiger partial charge is 0.118 e. The number of hydrogen-bond donors (Lipinski definition) is 1. The molecule has 0 heterocycles. The lowest BCUT2D eigenvalue weighted by atomic mass is 9.63. The fourth-order valence-electron chi connectivity index (χ4n) is 4.54. The van der Waals surface area contributed by atoms with Gasteiger partial charge in [0.15, 0.2) is 0 Å². The van der Waals surface area contributed by atoms with Gasteiger partial charge in [0.05, 0.1) is 12.7 Å². The minimum atomic E-state index is -0.815. The Hall–Kier alpha value is -1.84. The number of ether oxygens (including phenoxy) is 1. The van der Waals surface area contributed by atoms with Crippen LogP contribution < -0.4 is 4.74 Å². The van der Waals surface area contributed by atoms with Crippen LogP contribution in [0.5, 0.6) is 5.75 Å². The summed E-state index contributed by atoms with van der Waals surface area (Å²) in [5.74, 6) is 1.28. The molecule has 0 aliphatic heterocycles. The normalized spacial score (nSPS) is 26.0. The summed E-state index contributed by atoms with van der Waals surface area (Å²) < 4.78 is 5.31. The van der Waals surface area contributed by atoms with Crippen LogP contribution in [0.15, 0.2) is 54.6 Å². The quantitative estimate of drug-likeness (QED) is 0.848. The summed E-state index contributed by atoms with van der Waals surface area (Å²) in [5, 5.41) is 12.1. The molecular weight excluding hydrogens is 322 g/mol. The minimum Gasteiger partial charge on any atom is -0.497 e. The van der Waals surface area contributed by atoms with Gasteiger partial charge in [0.1, 0.15) is 5.75 Å². The molecule has 3 unspecified atom stereocenters. The molecule has 3 heteroatoms. The first kappa shape index (κ1) is 18.9. The average molecular weight is 354 g/mol. The van der Waals surface area contributed by atoms with Gasteiger partial charge in [-0.25, -0.2) is 0 Å². The first-order chi connectivity index (χ1) is 12.5. The standard InChI is InChI=1S/C23H31NO2/c1-24(2)17-21-11-7-10-20(16-18-8-5-4-6-9-18)23(21,25)19-12-14-22(26-3)15-13-19/h4-6,8-9,12-15,20-21,25H,7,10-11,16-17H2,1-3H3. The van der Waals surface area contributed by atoms with E-state index >= 15 is 0 Å². The molecule has 1 N–H and O–H groups in total. The van der Waals surface area contributed by atoms with E-state index in [-0.39, 0.29) is 11.8 Å².